The Labute approximate surface area is 118 Å². The minimum atomic E-state index is -0.254. The Morgan fingerprint density at radius 1 is 1.32 bits per heavy atom. The van der Waals surface area contributed by atoms with E-state index in [1.807, 2.05) is 4.57 Å². The van der Waals surface area contributed by atoms with E-state index < -0.39 is 0 Å². The first-order valence-corrected chi connectivity index (χ1v) is 6.40. The number of rotatable bonds is 2. The molecule has 0 unspecified atom stereocenters. The Morgan fingerprint density at radius 2 is 2.05 bits per heavy atom. The van der Waals surface area contributed by atoms with Gasteiger partial charge in [-0.1, -0.05) is 23.7 Å². The highest BCUT2D eigenvalue weighted by Gasteiger charge is 2.07. The Morgan fingerprint density at radius 3 is 2.79 bits per heavy atom. The molecule has 0 aliphatic heterocycles. The zero-order valence-electron chi connectivity index (χ0n) is 9.73. The van der Waals surface area contributed by atoms with Crippen LogP contribution < -0.4 is 0 Å². The third-order valence-electron chi connectivity index (χ3n) is 2.83. The molecule has 0 fully saturated rings. The molecule has 3 rings (SSSR count). The first kappa shape index (κ1) is 12.3. The summed E-state index contributed by atoms with van der Waals surface area (Å²) in [7, 11) is 0. The number of aromatic nitrogens is 3. The molecule has 2 heterocycles. The molecule has 1 aromatic carbocycles. The summed E-state index contributed by atoms with van der Waals surface area (Å²) in [5.41, 5.74) is 2.48. The number of halogens is 2. The first-order valence-electron chi connectivity index (χ1n) is 5.62. The van der Waals surface area contributed by atoms with E-state index in [2.05, 4.69) is 9.97 Å². The van der Waals surface area contributed by atoms with Crippen LogP contribution in [0.15, 0.2) is 36.5 Å². The lowest BCUT2D eigenvalue weighted by Crippen LogP contribution is -2.00. The number of aromatic amines is 1. The van der Waals surface area contributed by atoms with Crippen molar-refractivity contribution in [2.75, 3.05) is 0 Å². The van der Waals surface area contributed by atoms with Gasteiger partial charge in [0, 0.05) is 6.20 Å². The Kier molecular flexibility index (Phi) is 3.08. The maximum atomic E-state index is 12.9. The normalized spacial score (nSPS) is 11.1. The molecule has 0 aliphatic carbocycles. The number of hydrogen-bond acceptors (Lipinski definition) is 2. The lowest BCUT2D eigenvalue weighted by atomic mass is 10.2. The summed E-state index contributed by atoms with van der Waals surface area (Å²) >= 11 is 11.2. The lowest BCUT2D eigenvalue weighted by molar-refractivity contribution is 0.626. The molecule has 0 atom stereocenters. The average molecular weight is 294 g/mol. The number of H-pyrrole nitrogens is 1. The van der Waals surface area contributed by atoms with E-state index in [0.717, 1.165) is 16.7 Å². The third-order valence-corrected chi connectivity index (χ3v) is 3.36. The van der Waals surface area contributed by atoms with Crippen LogP contribution >= 0.6 is 23.8 Å². The second kappa shape index (κ2) is 4.75. The molecule has 19 heavy (non-hydrogen) atoms. The van der Waals surface area contributed by atoms with Crippen molar-refractivity contribution >= 4 is 35.0 Å². The third kappa shape index (κ3) is 2.39. The van der Waals surface area contributed by atoms with Gasteiger partial charge in [0.2, 0.25) is 0 Å². The van der Waals surface area contributed by atoms with E-state index in [-0.39, 0.29) is 5.82 Å². The number of nitrogens with zero attached hydrogens (tertiary/aromatic N) is 2. The standard InChI is InChI=1S/C13H9ClFN3S/c14-9-5-11-12(16-6-9)18(13(19)17-11)7-8-1-3-10(15)4-2-8/h1-6H,7H2,(H,17,19). The quantitative estimate of drug-likeness (QED) is 0.726. The van der Waals surface area contributed by atoms with Gasteiger partial charge in [-0.2, -0.15) is 0 Å². The van der Waals surface area contributed by atoms with Crippen molar-refractivity contribution < 1.29 is 4.39 Å². The fourth-order valence-electron chi connectivity index (χ4n) is 1.94. The second-order valence-electron chi connectivity index (χ2n) is 4.17. The number of benzene rings is 1. The maximum Gasteiger partial charge on any atom is 0.179 e. The zero-order valence-corrected chi connectivity index (χ0v) is 11.3. The Bertz CT molecular complexity index is 792. The fourth-order valence-corrected chi connectivity index (χ4v) is 2.36. The molecular weight excluding hydrogens is 285 g/mol. The van der Waals surface area contributed by atoms with Gasteiger partial charge in [0.25, 0.3) is 0 Å². The molecule has 0 aliphatic rings. The number of imidazole rings is 1. The average Bonchev–Trinajstić information content (AvgIpc) is 2.68. The van der Waals surface area contributed by atoms with Crippen LogP contribution in [0.5, 0.6) is 0 Å². The summed E-state index contributed by atoms with van der Waals surface area (Å²) in [6, 6.07) is 8.09. The van der Waals surface area contributed by atoms with E-state index in [9.17, 15) is 4.39 Å². The SMILES string of the molecule is Fc1ccc(Cn2c(=S)[nH]c3cc(Cl)cnc32)cc1. The van der Waals surface area contributed by atoms with E-state index in [1.165, 1.54) is 12.1 Å². The zero-order chi connectivity index (χ0) is 13.4. The van der Waals surface area contributed by atoms with E-state index in [0.29, 0.717) is 16.3 Å². The van der Waals surface area contributed by atoms with Crippen LogP contribution in [0.25, 0.3) is 11.2 Å². The van der Waals surface area contributed by atoms with Gasteiger partial charge in [-0.25, -0.2) is 9.37 Å². The molecule has 0 saturated carbocycles. The van der Waals surface area contributed by atoms with Crippen LogP contribution in [0.2, 0.25) is 5.02 Å². The smallest absolute Gasteiger partial charge is 0.179 e. The van der Waals surface area contributed by atoms with Crippen LogP contribution in [0, 0.1) is 10.6 Å². The van der Waals surface area contributed by atoms with Gasteiger partial charge in [-0.3, -0.25) is 4.57 Å². The summed E-state index contributed by atoms with van der Waals surface area (Å²) in [4.78, 5) is 7.33. The highest BCUT2D eigenvalue weighted by atomic mass is 35.5. The molecule has 3 aromatic rings. The van der Waals surface area contributed by atoms with Crippen molar-refractivity contribution in [3.05, 3.63) is 57.7 Å². The second-order valence-corrected chi connectivity index (χ2v) is 4.99. The minimum Gasteiger partial charge on any atom is -0.329 e. The molecule has 0 spiro atoms. The van der Waals surface area contributed by atoms with Gasteiger partial charge < -0.3 is 4.98 Å². The number of nitrogens with one attached hydrogen (secondary N) is 1. The van der Waals surface area contributed by atoms with Crippen LogP contribution in [0.4, 0.5) is 4.39 Å². The molecular formula is C13H9ClFN3S. The highest BCUT2D eigenvalue weighted by molar-refractivity contribution is 7.71. The van der Waals surface area contributed by atoms with Gasteiger partial charge in [-0.15, -0.1) is 0 Å². The molecule has 0 bridgehead atoms. The topological polar surface area (TPSA) is 33.6 Å². The first-order chi connectivity index (χ1) is 9.13. The summed E-state index contributed by atoms with van der Waals surface area (Å²) in [6.07, 6.45) is 1.58. The molecule has 2 aromatic heterocycles. The summed E-state index contributed by atoms with van der Waals surface area (Å²) < 4.78 is 15.3. The van der Waals surface area contributed by atoms with Crippen molar-refractivity contribution in [2.45, 2.75) is 6.54 Å². The maximum absolute atomic E-state index is 12.9. The largest absolute Gasteiger partial charge is 0.329 e. The molecule has 0 radical (unpaired) electrons. The van der Waals surface area contributed by atoms with Gasteiger partial charge in [-0.05, 0) is 36.0 Å². The van der Waals surface area contributed by atoms with Crippen molar-refractivity contribution in [1.82, 2.24) is 14.5 Å². The number of hydrogen-bond donors (Lipinski definition) is 1. The van der Waals surface area contributed by atoms with Crippen LogP contribution in [0.3, 0.4) is 0 Å². The fraction of sp³-hybridized carbons (Fsp3) is 0.0769. The molecule has 1 N–H and O–H groups in total. The van der Waals surface area contributed by atoms with Crippen LogP contribution in [0.1, 0.15) is 5.56 Å². The van der Waals surface area contributed by atoms with Gasteiger partial charge >= 0.3 is 0 Å². The summed E-state index contributed by atoms with van der Waals surface area (Å²) in [5.74, 6) is -0.254. The monoisotopic (exact) mass is 293 g/mol. The van der Waals surface area contributed by atoms with E-state index in [1.54, 1.807) is 24.4 Å². The lowest BCUT2D eigenvalue weighted by Gasteiger charge is -2.04. The molecule has 0 amide bonds. The van der Waals surface area contributed by atoms with Gasteiger partial charge in [0.15, 0.2) is 10.4 Å². The van der Waals surface area contributed by atoms with Gasteiger partial charge in [0.1, 0.15) is 5.82 Å². The molecule has 3 nitrogen and oxygen atoms in total. The minimum absolute atomic E-state index is 0.254. The Hall–Kier alpha value is -1.72. The highest BCUT2D eigenvalue weighted by Crippen LogP contribution is 2.17. The summed E-state index contributed by atoms with van der Waals surface area (Å²) in [5, 5.41) is 0.553. The predicted octanol–water partition coefficient (Wildman–Crippen LogP) is 3.93. The predicted molar refractivity (Wildman–Crippen MR) is 75.4 cm³/mol. The van der Waals surface area contributed by atoms with Crippen molar-refractivity contribution in [1.29, 1.82) is 0 Å². The van der Waals surface area contributed by atoms with Crippen molar-refractivity contribution in [2.24, 2.45) is 0 Å². The molecule has 6 heteroatoms. The molecule has 0 saturated heterocycles. The molecule has 96 valence electrons. The van der Waals surface area contributed by atoms with E-state index in [4.69, 9.17) is 23.8 Å². The van der Waals surface area contributed by atoms with E-state index >= 15 is 0 Å². The van der Waals surface area contributed by atoms with Gasteiger partial charge in [0.05, 0.1) is 17.1 Å². The number of fused-ring (bicyclic) bond motifs is 1. The van der Waals surface area contributed by atoms with Crippen molar-refractivity contribution in [3.8, 4) is 0 Å². The summed E-state index contributed by atoms with van der Waals surface area (Å²) in [6.45, 7) is 0.535. The van der Waals surface area contributed by atoms with Crippen LogP contribution in [-0.2, 0) is 6.54 Å². The number of pyridine rings is 1. The van der Waals surface area contributed by atoms with Crippen molar-refractivity contribution in [3.63, 3.8) is 0 Å². The Balaban J connectivity index is 2.07. The van der Waals surface area contributed by atoms with Crippen LogP contribution in [-0.4, -0.2) is 14.5 Å².